The van der Waals surface area contributed by atoms with E-state index in [0.29, 0.717) is 6.42 Å². The van der Waals surface area contributed by atoms with Crippen LogP contribution in [0.3, 0.4) is 0 Å². The number of rotatable bonds is 3. The third kappa shape index (κ3) is 3.17. The number of fused-ring (bicyclic) bond motifs is 1. The van der Waals surface area contributed by atoms with Crippen LogP contribution in [0.15, 0.2) is 18.2 Å². The van der Waals surface area contributed by atoms with E-state index >= 15 is 0 Å². The molecule has 0 aromatic heterocycles. The van der Waals surface area contributed by atoms with Crippen molar-refractivity contribution in [1.29, 1.82) is 0 Å². The van der Waals surface area contributed by atoms with Crippen LogP contribution in [0.25, 0.3) is 0 Å². The number of aryl methyl sites for hydroxylation is 2. The number of carbonyl (C=O) groups is 1. The molecule has 2 aliphatic rings. The Labute approximate surface area is 115 Å². The Hall–Kier alpha value is -1.31. The minimum Gasteiger partial charge on any atom is -0.326 e. The van der Waals surface area contributed by atoms with Gasteiger partial charge >= 0.3 is 0 Å². The highest BCUT2D eigenvalue weighted by atomic mass is 16.1. The molecule has 1 aromatic carbocycles. The molecule has 2 heteroatoms. The summed E-state index contributed by atoms with van der Waals surface area (Å²) >= 11 is 0. The second-order valence-corrected chi connectivity index (χ2v) is 6.08. The fourth-order valence-electron chi connectivity index (χ4n) is 3.44. The normalized spacial score (nSPS) is 19.9. The number of hydrogen-bond acceptors (Lipinski definition) is 1. The van der Waals surface area contributed by atoms with Crippen molar-refractivity contribution >= 4 is 11.6 Å². The van der Waals surface area contributed by atoms with Crippen LogP contribution < -0.4 is 5.32 Å². The quantitative estimate of drug-likeness (QED) is 0.868. The summed E-state index contributed by atoms with van der Waals surface area (Å²) in [5.74, 6) is 1.10. The van der Waals surface area contributed by atoms with Crippen LogP contribution in [0.4, 0.5) is 5.69 Å². The van der Waals surface area contributed by atoms with Crippen LogP contribution in [-0.2, 0) is 17.6 Å². The van der Waals surface area contributed by atoms with Gasteiger partial charge in [-0.05, 0) is 42.4 Å². The first kappa shape index (κ1) is 12.7. The number of benzene rings is 1. The Morgan fingerprint density at radius 1 is 1.11 bits per heavy atom. The molecule has 0 radical (unpaired) electrons. The lowest BCUT2D eigenvalue weighted by Gasteiger charge is -2.22. The van der Waals surface area contributed by atoms with Crippen LogP contribution in [0.5, 0.6) is 0 Å². The van der Waals surface area contributed by atoms with Gasteiger partial charge in [-0.15, -0.1) is 0 Å². The van der Waals surface area contributed by atoms with Crippen molar-refractivity contribution in [2.24, 2.45) is 5.92 Å². The van der Waals surface area contributed by atoms with Crippen molar-refractivity contribution in [3.8, 4) is 0 Å². The molecule has 1 N–H and O–H groups in total. The highest BCUT2D eigenvalue weighted by Gasteiger charge is 2.16. The van der Waals surface area contributed by atoms with Crippen LogP contribution in [0, 0.1) is 5.92 Å². The fourth-order valence-corrected chi connectivity index (χ4v) is 3.44. The lowest BCUT2D eigenvalue weighted by atomic mass is 9.85. The van der Waals surface area contributed by atoms with Gasteiger partial charge in [0.2, 0.25) is 5.91 Å². The molecule has 1 heterocycles. The number of hydrogen-bond donors (Lipinski definition) is 1. The summed E-state index contributed by atoms with van der Waals surface area (Å²) in [5, 5.41) is 2.95. The maximum atomic E-state index is 11.3. The minimum absolute atomic E-state index is 0.155. The molecule has 0 unspecified atom stereocenters. The molecule has 3 rings (SSSR count). The second-order valence-electron chi connectivity index (χ2n) is 6.08. The van der Waals surface area contributed by atoms with E-state index in [1.165, 1.54) is 56.1 Å². The molecule has 1 aliphatic heterocycles. The number of anilines is 1. The van der Waals surface area contributed by atoms with Gasteiger partial charge in [-0.1, -0.05) is 44.2 Å². The Morgan fingerprint density at radius 3 is 2.79 bits per heavy atom. The van der Waals surface area contributed by atoms with Gasteiger partial charge < -0.3 is 5.32 Å². The van der Waals surface area contributed by atoms with Gasteiger partial charge in [-0.25, -0.2) is 0 Å². The third-order valence-corrected chi connectivity index (χ3v) is 4.63. The molecule has 2 nitrogen and oxygen atoms in total. The molecule has 1 aliphatic carbocycles. The molecular formula is C17H23NO. The van der Waals surface area contributed by atoms with Crippen molar-refractivity contribution in [1.82, 2.24) is 0 Å². The summed E-state index contributed by atoms with van der Waals surface area (Å²) in [6, 6.07) is 6.58. The minimum atomic E-state index is 0.155. The smallest absolute Gasteiger partial charge is 0.224 e. The van der Waals surface area contributed by atoms with E-state index in [9.17, 15) is 4.79 Å². The zero-order valence-corrected chi connectivity index (χ0v) is 11.6. The summed E-state index contributed by atoms with van der Waals surface area (Å²) in [6.45, 7) is 0. The summed E-state index contributed by atoms with van der Waals surface area (Å²) in [5.41, 5.74) is 3.79. The van der Waals surface area contributed by atoms with Gasteiger partial charge in [0.25, 0.3) is 0 Å². The van der Waals surface area contributed by atoms with Gasteiger partial charge in [0, 0.05) is 12.1 Å². The first-order valence-electron chi connectivity index (χ1n) is 7.73. The zero-order chi connectivity index (χ0) is 13.1. The zero-order valence-electron chi connectivity index (χ0n) is 11.6. The largest absolute Gasteiger partial charge is 0.326 e. The lowest BCUT2D eigenvalue weighted by Crippen LogP contribution is -2.19. The summed E-state index contributed by atoms with van der Waals surface area (Å²) in [6.07, 6.45) is 11.2. The Bertz CT molecular complexity index is 460. The summed E-state index contributed by atoms with van der Waals surface area (Å²) in [4.78, 5) is 11.3. The monoisotopic (exact) mass is 257 g/mol. The number of carbonyl (C=O) groups excluding carboxylic acids is 1. The fraction of sp³-hybridized carbons (Fsp3) is 0.588. The van der Waals surface area contributed by atoms with Crippen LogP contribution in [-0.4, -0.2) is 5.91 Å². The molecule has 0 saturated heterocycles. The molecule has 1 aromatic rings. The number of amides is 1. The summed E-state index contributed by atoms with van der Waals surface area (Å²) < 4.78 is 0. The van der Waals surface area contributed by atoms with Crippen molar-refractivity contribution < 1.29 is 4.79 Å². The maximum Gasteiger partial charge on any atom is 0.224 e. The van der Waals surface area contributed by atoms with Crippen LogP contribution in [0.2, 0.25) is 0 Å². The van der Waals surface area contributed by atoms with Gasteiger partial charge in [0.1, 0.15) is 0 Å². The molecule has 0 atom stereocenters. The SMILES string of the molecule is O=C1CCc2cc(CCC3CCCCC3)ccc2N1. The lowest BCUT2D eigenvalue weighted by molar-refractivity contribution is -0.116. The molecule has 1 fully saturated rings. The van der Waals surface area contributed by atoms with Gasteiger partial charge in [0.15, 0.2) is 0 Å². The van der Waals surface area contributed by atoms with Crippen LogP contribution in [0.1, 0.15) is 56.1 Å². The Kier molecular flexibility index (Phi) is 3.86. The van der Waals surface area contributed by atoms with E-state index in [1.54, 1.807) is 0 Å². The molecule has 0 bridgehead atoms. The van der Waals surface area contributed by atoms with E-state index in [0.717, 1.165) is 18.0 Å². The molecule has 0 spiro atoms. The van der Waals surface area contributed by atoms with Gasteiger partial charge in [-0.2, -0.15) is 0 Å². The average molecular weight is 257 g/mol. The Balaban J connectivity index is 1.60. The molecule has 102 valence electrons. The standard InChI is InChI=1S/C17H23NO/c19-17-11-9-15-12-14(8-10-16(15)18-17)7-6-13-4-2-1-3-5-13/h8,10,12-13H,1-7,9,11H2,(H,18,19). The average Bonchev–Trinajstić information content (AvgIpc) is 2.46. The second kappa shape index (κ2) is 5.77. The molecule has 1 saturated carbocycles. The molecule has 1 amide bonds. The third-order valence-electron chi connectivity index (χ3n) is 4.63. The number of nitrogens with one attached hydrogen (secondary N) is 1. The van der Waals surface area contributed by atoms with Crippen molar-refractivity contribution in [2.75, 3.05) is 5.32 Å². The van der Waals surface area contributed by atoms with E-state index in [-0.39, 0.29) is 5.91 Å². The van der Waals surface area contributed by atoms with E-state index in [4.69, 9.17) is 0 Å². The predicted molar refractivity (Wildman–Crippen MR) is 78.3 cm³/mol. The van der Waals surface area contributed by atoms with Gasteiger partial charge in [-0.3, -0.25) is 4.79 Å². The first-order valence-corrected chi connectivity index (χ1v) is 7.73. The molecular weight excluding hydrogens is 234 g/mol. The first-order chi connectivity index (χ1) is 9.31. The topological polar surface area (TPSA) is 29.1 Å². The highest BCUT2D eigenvalue weighted by Crippen LogP contribution is 2.29. The van der Waals surface area contributed by atoms with Crippen molar-refractivity contribution in [2.45, 2.75) is 57.8 Å². The van der Waals surface area contributed by atoms with Crippen LogP contribution >= 0.6 is 0 Å². The Morgan fingerprint density at radius 2 is 1.95 bits per heavy atom. The van der Waals surface area contributed by atoms with Gasteiger partial charge in [0.05, 0.1) is 0 Å². The van der Waals surface area contributed by atoms with Crippen molar-refractivity contribution in [3.63, 3.8) is 0 Å². The van der Waals surface area contributed by atoms with E-state index < -0.39 is 0 Å². The maximum absolute atomic E-state index is 11.3. The van der Waals surface area contributed by atoms with Crippen molar-refractivity contribution in [3.05, 3.63) is 29.3 Å². The van der Waals surface area contributed by atoms with E-state index in [1.807, 2.05) is 0 Å². The van der Waals surface area contributed by atoms with E-state index in [2.05, 4.69) is 23.5 Å². The molecule has 19 heavy (non-hydrogen) atoms. The summed E-state index contributed by atoms with van der Waals surface area (Å²) in [7, 11) is 0. The predicted octanol–water partition coefficient (Wildman–Crippen LogP) is 4.08. The highest BCUT2D eigenvalue weighted by molar-refractivity contribution is 5.93.